The van der Waals surface area contributed by atoms with E-state index in [0.717, 1.165) is 43.5 Å². The van der Waals surface area contributed by atoms with E-state index in [1.165, 1.54) is 0 Å². The third-order valence-corrected chi connectivity index (χ3v) is 7.06. The van der Waals surface area contributed by atoms with E-state index in [1.807, 2.05) is 49.7 Å². The van der Waals surface area contributed by atoms with Gasteiger partial charge in [0.15, 0.2) is 5.69 Å². The van der Waals surface area contributed by atoms with Crippen LogP contribution in [0.25, 0.3) is 10.9 Å². The molecule has 2 aromatic rings. The minimum atomic E-state index is -0.987. The fraction of sp³-hybridized carbons (Fsp3) is 0.654. The van der Waals surface area contributed by atoms with Crippen LogP contribution in [0.3, 0.4) is 0 Å². The lowest BCUT2D eigenvalue weighted by Crippen LogP contribution is -2.56. The summed E-state index contributed by atoms with van der Waals surface area (Å²) in [7, 11) is 0. The molecular formula is C26H38N4O5. The number of aromatic nitrogens is 2. The molecule has 1 atom stereocenters. The van der Waals surface area contributed by atoms with Crippen LogP contribution in [0, 0.1) is 11.3 Å². The third-order valence-electron chi connectivity index (χ3n) is 7.06. The first-order valence-corrected chi connectivity index (χ1v) is 12.6. The van der Waals surface area contributed by atoms with Crippen molar-refractivity contribution >= 4 is 22.7 Å². The predicted octanol–water partition coefficient (Wildman–Crippen LogP) is 2.27. The normalized spacial score (nSPS) is 19.9. The molecule has 0 spiro atoms. The highest BCUT2D eigenvalue weighted by Crippen LogP contribution is 2.25. The number of ether oxygens (including phenoxy) is 2. The highest BCUT2D eigenvalue weighted by molar-refractivity contribution is 6.06. The van der Waals surface area contributed by atoms with E-state index < -0.39 is 17.1 Å². The number of benzene rings is 1. The van der Waals surface area contributed by atoms with Gasteiger partial charge < -0.3 is 25.2 Å². The minimum absolute atomic E-state index is 0.125. The van der Waals surface area contributed by atoms with Gasteiger partial charge >= 0.3 is 0 Å². The van der Waals surface area contributed by atoms with Gasteiger partial charge in [0.05, 0.1) is 11.1 Å². The van der Waals surface area contributed by atoms with Crippen molar-refractivity contribution in [1.29, 1.82) is 0 Å². The highest BCUT2D eigenvalue weighted by Gasteiger charge is 2.36. The van der Waals surface area contributed by atoms with Crippen LogP contribution in [0.4, 0.5) is 0 Å². The Kier molecular flexibility index (Phi) is 7.78. The molecule has 0 saturated carbocycles. The Bertz CT molecular complexity index is 1030. The van der Waals surface area contributed by atoms with E-state index in [1.54, 1.807) is 0 Å². The first-order valence-electron chi connectivity index (χ1n) is 12.6. The molecule has 9 nitrogen and oxygen atoms in total. The molecule has 9 heteroatoms. The van der Waals surface area contributed by atoms with E-state index in [-0.39, 0.29) is 18.4 Å². The largest absolute Gasteiger partial charge is 0.388 e. The van der Waals surface area contributed by atoms with E-state index >= 15 is 0 Å². The lowest BCUT2D eigenvalue weighted by Gasteiger charge is -2.34. The summed E-state index contributed by atoms with van der Waals surface area (Å²) < 4.78 is 12.7. The number of hydrogen-bond donors (Lipinski definition) is 3. The van der Waals surface area contributed by atoms with E-state index in [4.69, 9.17) is 9.47 Å². The van der Waals surface area contributed by atoms with Crippen molar-refractivity contribution in [1.82, 2.24) is 20.4 Å². The molecule has 1 aromatic heterocycles. The summed E-state index contributed by atoms with van der Waals surface area (Å²) in [6, 6.07) is 6.91. The molecular weight excluding hydrogens is 448 g/mol. The zero-order valence-corrected chi connectivity index (χ0v) is 21.0. The summed E-state index contributed by atoms with van der Waals surface area (Å²) in [5, 5.41) is 22.0. The van der Waals surface area contributed by atoms with Crippen molar-refractivity contribution < 1.29 is 24.2 Å². The fourth-order valence-electron chi connectivity index (χ4n) is 4.76. The van der Waals surface area contributed by atoms with Gasteiger partial charge in [-0.3, -0.25) is 14.3 Å². The molecule has 3 N–H and O–H groups in total. The maximum absolute atomic E-state index is 13.4. The van der Waals surface area contributed by atoms with Crippen molar-refractivity contribution in [2.75, 3.05) is 33.0 Å². The standard InChI is InChI=1S/C26H38N4O5/c1-25(2,3)22(24(32)27-17-26(33)10-14-35-15-11-26)28-23(31)21-19-6-4-5-7-20(19)30(29-21)16-18-8-12-34-13-9-18/h4-7,18,22,33H,8-17H2,1-3H3,(H,27,32)(H,28,31). The summed E-state index contributed by atoms with van der Waals surface area (Å²) >= 11 is 0. The lowest BCUT2D eigenvalue weighted by atomic mass is 9.85. The maximum Gasteiger partial charge on any atom is 0.273 e. The Morgan fingerprint density at radius 1 is 1.14 bits per heavy atom. The molecule has 192 valence electrons. The summed E-state index contributed by atoms with van der Waals surface area (Å²) in [6.07, 6.45) is 2.88. The van der Waals surface area contributed by atoms with Crippen LogP contribution in [0.5, 0.6) is 0 Å². The number of aliphatic hydroxyl groups is 1. The number of carbonyl (C=O) groups excluding carboxylic acids is 2. The second-order valence-electron chi connectivity index (χ2n) is 10.9. The topological polar surface area (TPSA) is 115 Å². The quantitative estimate of drug-likeness (QED) is 0.553. The van der Waals surface area contributed by atoms with Crippen molar-refractivity contribution in [3.8, 4) is 0 Å². The molecule has 35 heavy (non-hydrogen) atoms. The minimum Gasteiger partial charge on any atom is -0.388 e. The maximum atomic E-state index is 13.4. The molecule has 1 unspecified atom stereocenters. The molecule has 2 aliphatic rings. The molecule has 2 aliphatic heterocycles. The van der Waals surface area contributed by atoms with Crippen LogP contribution in [0.15, 0.2) is 24.3 Å². The van der Waals surface area contributed by atoms with Crippen molar-refractivity contribution in [3.05, 3.63) is 30.0 Å². The van der Waals surface area contributed by atoms with Crippen LogP contribution in [0.2, 0.25) is 0 Å². The van der Waals surface area contributed by atoms with Crippen LogP contribution in [0.1, 0.15) is 56.9 Å². The molecule has 4 rings (SSSR count). The van der Waals surface area contributed by atoms with Crippen LogP contribution in [-0.4, -0.2) is 71.3 Å². The van der Waals surface area contributed by atoms with E-state index in [0.29, 0.717) is 37.7 Å². The number of amides is 2. The Morgan fingerprint density at radius 2 is 1.80 bits per heavy atom. The van der Waals surface area contributed by atoms with Gasteiger partial charge in [-0.15, -0.1) is 0 Å². The number of nitrogens with zero attached hydrogens (tertiary/aromatic N) is 2. The van der Waals surface area contributed by atoms with Gasteiger partial charge in [-0.05, 0) is 30.2 Å². The van der Waals surface area contributed by atoms with Crippen LogP contribution < -0.4 is 10.6 Å². The molecule has 2 fully saturated rings. The van der Waals surface area contributed by atoms with Gasteiger partial charge in [-0.1, -0.05) is 39.0 Å². The van der Waals surface area contributed by atoms with Gasteiger partial charge in [-0.2, -0.15) is 5.10 Å². The molecule has 2 amide bonds. The van der Waals surface area contributed by atoms with Crippen molar-refractivity contribution in [2.24, 2.45) is 11.3 Å². The van der Waals surface area contributed by atoms with Crippen molar-refractivity contribution in [2.45, 2.75) is 64.6 Å². The van der Waals surface area contributed by atoms with Gasteiger partial charge in [0.2, 0.25) is 5.91 Å². The van der Waals surface area contributed by atoms with Crippen LogP contribution >= 0.6 is 0 Å². The first-order chi connectivity index (χ1) is 16.7. The summed E-state index contributed by atoms with van der Waals surface area (Å²) in [5.74, 6) is -0.254. The predicted molar refractivity (Wildman–Crippen MR) is 132 cm³/mol. The number of carbonyl (C=O) groups is 2. The number of hydrogen-bond acceptors (Lipinski definition) is 6. The molecule has 1 aromatic carbocycles. The lowest BCUT2D eigenvalue weighted by molar-refractivity contribution is -0.128. The zero-order chi connectivity index (χ0) is 25.1. The molecule has 0 radical (unpaired) electrons. The van der Waals surface area contributed by atoms with Crippen molar-refractivity contribution in [3.63, 3.8) is 0 Å². The second-order valence-corrected chi connectivity index (χ2v) is 10.9. The third kappa shape index (κ3) is 6.20. The smallest absolute Gasteiger partial charge is 0.273 e. The zero-order valence-electron chi connectivity index (χ0n) is 21.0. The van der Waals surface area contributed by atoms with Gasteiger partial charge in [0.25, 0.3) is 5.91 Å². The Balaban J connectivity index is 1.50. The monoisotopic (exact) mass is 486 g/mol. The first kappa shape index (κ1) is 25.6. The Morgan fingerprint density at radius 3 is 2.49 bits per heavy atom. The van der Waals surface area contributed by atoms with Gasteiger partial charge in [-0.25, -0.2) is 0 Å². The number of fused-ring (bicyclic) bond motifs is 1. The average Bonchev–Trinajstić information content (AvgIpc) is 3.20. The molecule has 3 heterocycles. The molecule has 0 aliphatic carbocycles. The fourth-order valence-corrected chi connectivity index (χ4v) is 4.76. The molecule has 2 saturated heterocycles. The second kappa shape index (κ2) is 10.6. The summed E-state index contributed by atoms with van der Waals surface area (Å²) in [5.41, 5.74) is -0.307. The Labute approximate surface area is 206 Å². The Hall–Kier alpha value is -2.49. The summed E-state index contributed by atoms with van der Waals surface area (Å²) in [4.78, 5) is 26.6. The molecule has 0 bridgehead atoms. The van der Waals surface area contributed by atoms with Gasteiger partial charge in [0.1, 0.15) is 6.04 Å². The highest BCUT2D eigenvalue weighted by atomic mass is 16.5. The van der Waals surface area contributed by atoms with E-state index in [2.05, 4.69) is 15.7 Å². The van der Waals surface area contributed by atoms with E-state index in [9.17, 15) is 14.7 Å². The number of para-hydroxylation sites is 1. The van der Waals surface area contributed by atoms with Gasteiger partial charge in [0, 0.05) is 57.7 Å². The number of rotatable bonds is 7. The SMILES string of the molecule is CC(C)(C)C(NC(=O)c1nn(CC2CCOCC2)c2ccccc12)C(=O)NCC1(O)CCOCC1. The van der Waals surface area contributed by atoms with Crippen LogP contribution in [-0.2, 0) is 20.8 Å². The average molecular weight is 487 g/mol. The summed E-state index contributed by atoms with van der Waals surface area (Å²) in [6.45, 7) is 9.00. The number of nitrogens with one attached hydrogen (secondary N) is 2.